The van der Waals surface area contributed by atoms with Gasteiger partial charge < -0.3 is 5.32 Å². The smallest absolute Gasteiger partial charge is 0.230 e. The predicted octanol–water partition coefficient (Wildman–Crippen LogP) is 2.19. The first-order chi connectivity index (χ1) is 9.10. The Labute approximate surface area is 117 Å². The molecule has 1 aromatic rings. The normalized spacial score (nSPS) is 13.9. The molecule has 19 heavy (non-hydrogen) atoms. The molecule has 2 rings (SSSR count). The summed E-state index contributed by atoms with van der Waals surface area (Å²) < 4.78 is 0. The van der Waals surface area contributed by atoms with Crippen molar-refractivity contribution in [2.45, 2.75) is 31.7 Å². The van der Waals surface area contributed by atoms with Crippen molar-refractivity contribution in [1.82, 2.24) is 10.3 Å². The Kier molecular flexibility index (Phi) is 4.43. The Morgan fingerprint density at radius 2 is 2.32 bits per heavy atom. The predicted molar refractivity (Wildman–Crippen MR) is 74.9 cm³/mol. The van der Waals surface area contributed by atoms with Crippen LogP contribution in [0.1, 0.15) is 29.7 Å². The number of aryl methyl sites for hydroxylation is 2. The van der Waals surface area contributed by atoms with Crippen LogP contribution in [0.3, 0.4) is 0 Å². The average molecular weight is 275 g/mol. The maximum absolute atomic E-state index is 11.7. The maximum atomic E-state index is 11.7. The first-order valence-electron chi connectivity index (χ1n) is 6.38. The van der Waals surface area contributed by atoms with Crippen LogP contribution >= 0.6 is 11.8 Å². The minimum Gasteiger partial charge on any atom is -0.355 e. The van der Waals surface area contributed by atoms with Gasteiger partial charge in [0.2, 0.25) is 5.91 Å². The van der Waals surface area contributed by atoms with Crippen LogP contribution in [0.2, 0.25) is 0 Å². The topological polar surface area (TPSA) is 65.8 Å². The molecule has 1 aliphatic carbocycles. The zero-order valence-corrected chi connectivity index (χ0v) is 12.0. The molecule has 1 amide bonds. The van der Waals surface area contributed by atoms with Gasteiger partial charge in [-0.05, 0) is 44.2 Å². The van der Waals surface area contributed by atoms with E-state index in [4.69, 9.17) is 5.26 Å². The van der Waals surface area contributed by atoms with Crippen molar-refractivity contribution in [2.75, 3.05) is 12.3 Å². The first kappa shape index (κ1) is 13.9. The Morgan fingerprint density at radius 3 is 2.95 bits per heavy atom. The number of nitriles is 1. The third-order valence-corrected chi connectivity index (χ3v) is 4.02. The van der Waals surface area contributed by atoms with Gasteiger partial charge in [0.05, 0.1) is 11.3 Å². The van der Waals surface area contributed by atoms with Crippen molar-refractivity contribution in [3.8, 4) is 6.07 Å². The summed E-state index contributed by atoms with van der Waals surface area (Å²) in [4.78, 5) is 16.0. The number of pyridine rings is 1. The molecule has 0 saturated heterocycles. The molecule has 1 aromatic heterocycles. The minimum atomic E-state index is 0.0155. The van der Waals surface area contributed by atoms with E-state index in [2.05, 4.69) is 16.4 Å². The average Bonchev–Trinajstić information content (AvgIpc) is 3.17. The third kappa shape index (κ3) is 3.97. The lowest BCUT2D eigenvalue weighted by atomic mass is 10.1. The molecule has 0 radical (unpaired) electrons. The van der Waals surface area contributed by atoms with Gasteiger partial charge in [0, 0.05) is 12.2 Å². The van der Waals surface area contributed by atoms with Crippen LogP contribution in [0.5, 0.6) is 0 Å². The van der Waals surface area contributed by atoms with Crippen LogP contribution in [-0.4, -0.2) is 23.2 Å². The van der Waals surface area contributed by atoms with Crippen LogP contribution in [0.4, 0.5) is 0 Å². The van der Waals surface area contributed by atoms with Gasteiger partial charge in [-0.2, -0.15) is 5.26 Å². The Morgan fingerprint density at radius 1 is 1.58 bits per heavy atom. The molecule has 1 heterocycles. The number of thioether (sulfide) groups is 1. The second-order valence-electron chi connectivity index (χ2n) is 4.91. The van der Waals surface area contributed by atoms with Crippen molar-refractivity contribution in [3.63, 3.8) is 0 Å². The molecule has 0 unspecified atom stereocenters. The summed E-state index contributed by atoms with van der Waals surface area (Å²) in [7, 11) is 0. The van der Waals surface area contributed by atoms with Gasteiger partial charge in [-0.25, -0.2) is 4.98 Å². The number of carbonyl (C=O) groups is 1. The van der Waals surface area contributed by atoms with Gasteiger partial charge in [-0.3, -0.25) is 4.79 Å². The van der Waals surface area contributed by atoms with Crippen LogP contribution in [-0.2, 0) is 4.79 Å². The van der Waals surface area contributed by atoms with Crippen LogP contribution < -0.4 is 5.32 Å². The quantitative estimate of drug-likeness (QED) is 0.837. The van der Waals surface area contributed by atoms with E-state index in [1.807, 2.05) is 19.9 Å². The Bertz CT molecular complexity index is 532. The van der Waals surface area contributed by atoms with E-state index < -0.39 is 0 Å². The van der Waals surface area contributed by atoms with E-state index in [9.17, 15) is 4.79 Å². The van der Waals surface area contributed by atoms with Crippen molar-refractivity contribution in [1.29, 1.82) is 5.26 Å². The fourth-order valence-electron chi connectivity index (χ4n) is 1.81. The molecule has 0 aromatic carbocycles. The van der Waals surface area contributed by atoms with E-state index in [0.717, 1.165) is 17.8 Å². The highest BCUT2D eigenvalue weighted by Crippen LogP contribution is 2.27. The Hall–Kier alpha value is -1.54. The number of hydrogen-bond donors (Lipinski definition) is 1. The molecule has 5 heteroatoms. The van der Waals surface area contributed by atoms with Crippen molar-refractivity contribution < 1.29 is 4.79 Å². The third-order valence-electron chi connectivity index (χ3n) is 3.05. The summed E-state index contributed by atoms with van der Waals surface area (Å²) in [6.07, 6.45) is 2.45. The standard InChI is InChI=1S/C14H17N3OS/c1-9-5-10(2)17-14(12(9)6-15)19-8-13(18)16-7-11-3-4-11/h5,11H,3-4,7-8H2,1-2H3,(H,16,18). The lowest BCUT2D eigenvalue weighted by molar-refractivity contribution is -0.118. The monoisotopic (exact) mass is 275 g/mol. The summed E-state index contributed by atoms with van der Waals surface area (Å²) in [5.74, 6) is 1.02. The maximum Gasteiger partial charge on any atom is 0.230 e. The van der Waals surface area contributed by atoms with Gasteiger partial charge in [0.1, 0.15) is 11.1 Å². The Balaban J connectivity index is 1.94. The fourth-order valence-corrected chi connectivity index (χ4v) is 2.74. The van der Waals surface area contributed by atoms with E-state index >= 15 is 0 Å². The molecule has 1 aliphatic rings. The molecule has 0 bridgehead atoms. The molecule has 1 fully saturated rings. The molecule has 0 aliphatic heterocycles. The minimum absolute atomic E-state index is 0.0155. The molecule has 0 atom stereocenters. The van der Waals surface area contributed by atoms with Gasteiger partial charge in [-0.15, -0.1) is 0 Å². The zero-order chi connectivity index (χ0) is 13.8. The summed E-state index contributed by atoms with van der Waals surface area (Å²) in [6, 6.07) is 4.04. The highest BCUT2D eigenvalue weighted by atomic mass is 32.2. The molecular weight excluding hydrogens is 258 g/mol. The van der Waals surface area contributed by atoms with Crippen molar-refractivity contribution in [3.05, 3.63) is 22.9 Å². The van der Waals surface area contributed by atoms with E-state index in [1.54, 1.807) is 0 Å². The lowest BCUT2D eigenvalue weighted by Gasteiger charge is -2.07. The van der Waals surface area contributed by atoms with Crippen molar-refractivity contribution in [2.24, 2.45) is 5.92 Å². The van der Waals surface area contributed by atoms with Crippen LogP contribution in [0.25, 0.3) is 0 Å². The molecule has 100 valence electrons. The largest absolute Gasteiger partial charge is 0.355 e. The highest BCUT2D eigenvalue weighted by Gasteiger charge is 2.21. The molecule has 4 nitrogen and oxygen atoms in total. The summed E-state index contributed by atoms with van der Waals surface area (Å²) >= 11 is 1.33. The highest BCUT2D eigenvalue weighted by molar-refractivity contribution is 8.00. The zero-order valence-electron chi connectivity index (χ0n) is 11.2. The summed E-state index contributed by atoms with van der Waals surface area (Å²) in [5.41, 5.74) is 2.36. The number of rotatable bonds is 5. The number of nitrogens with zero attached hydrogens (tertiary/aromatic N) is 2. The molecule has 1 N–H and O–H groups in total. The lowest BCUT2D eigenvalue weighted by Crippen LogP contribution is -2.27. The van der Waals surface area contributed by atoms with E-state index in [0.29, 0.717) is 22.3 Å². The molecule has 0 spiro atoms. The van der Waals surface area contributed by atoms with Gasteiger partial charge >= 0.3 is 0 Å². The summed E-state index contributed by atoms with van der Waals surface area (Å²) in [6.45, 7) is 4.57. The van der Waals surface area contributed by atoms with Crippen LogP contribution in [0, 0.1) is 31.1 Å². The fraction of sp³-hybridized carbons (Fsp3) is 0.500. The second-order valence-corrected chi connectivity index (χ2v) is 5.87. The van der Waals surface area contributed by atoms with Gasteiger partial charge in [0.15, 0.2) is 0 Å². The number of amides is 1. The number of nitrogens with one attached hydrogen (secondary N) is 1. The number of hydrogen-bond acceptors (Lipinski definition) is 4. The van der Waals surface area contributed by atoms with Gasteiger partial charge in [-0.1, -0.05) is 11.8 Å². The first-order valence-corrected chi connectivity index (χ1v) is 7.36. The second kappa shape index (κ2) is 6.07. The number of carbonyl (C=O) groups excluding carboxylic acids is 1. The van der Waals surface area contributed by atoms with E-state index in [1.165, 1.54) is 24.6 Å². The summed E-state index contributed by atoms with van der Waals surface area (Å²) in [5, 5.41) is 12.7. The molecule has 1 saturated carbocycles. The number of aromatic nitrogens is 1. The van der Waals surface area contributed by atoms with Crippen molar-refractivity contribution >= 4 is 17.7 Å². The molecular formula is C14H17N3OS. The van der Waals surface area contributed by atoms with Crippen LogP contribution in [0.15, 0.2) is 11.1 Å². The van der Waals surface area contributed by atoms with Gasteiger partial charge in [0.25, 0.3) is 0 Å². The SMILES string of the molecule is Cc1cc(C)c(C#N)c(SCC(=O)NCC2CC2)n1. The van der Waals surface area contributed by atoms with E-state index in [-0.39, 0.29) is 5.91 Å².